The van der Waals surface area contributed by atoms with E-state index in [2.05, 4.69) is 5.32 Å². The molecule has 0 unspecified atom stereocenters. The summed E-state index contributed by atoms with van der Waals surface area (Å²) in [6, 6.07) is 4.38. The zero-order valence-corrected chi connectivity index (χ0v) is 14.1. The molecule has 1 aromatic carbocycles. The van der Waals surface area contributed by atoms with Crippen LogP contribution in [0.3, 0.4) is 0 Å². The van der Waals surface area contributed by atoms with Crippen molar-refractivity contribution in [2.24, 2.45) is 5.92 Å². The number of benzene rings is 1. The van der Waals surface area contributed by atoms with Gasteiger partial charge in [0.05, 0.1) is 10.8 Å². The standard InChI is InChI=1S/C15H20N2O5S/c1-9-4-5-12(16-10(2)18)8-14(9)23(21,22)17(3)13-6-11(7-13)15(19)20/h4-5,8,11,13H,6-7H2,1-3H3,(H,16,18)(H,19,20). The van der Waals surface area contributed by atoms with E-state index in [1.807, 2.05) is 0 Å². The van der Waals surface area contributed by atoms with Crippen LogP contribution in [0.15, 0.2) is 23.1 Å². The summed E-state index contributed by atoms with van der Waals surface area (Å²) in [6.07, 6.45) is 0.630. The molecule has 8 heteroatoms. The number of hydrogen-bond donors (Lipinski definition) is 2. The van der Waals surface area contributed by atoms with Crippen LogP contribution in [-0.4, -0.2) is 42.8 Å². The van der Waals surface area contributed by atoms with Gasteiger partial charge in [0.25, 0.3) is 0 Å². The molecule has 1 aromatic rings. The van der Waals surface area contributed by atoms with E-state index < -0.39 is 21.9 Å². The lowest BCUT2D eigenvalue weighted by Crippen LogP contribution is -2.47. The number of hydrogen-bond acceptors (Lipinski definition) is 4. The largest absolute Gasteiger partial charge is 0.481 e. The predicted octanol–water partition coefficient (Wildman–Crippen LogP) is 1.44. The molecule has 0 bridgehead atoms. The first-order chi connectivity index (χ1) is 10.6. The lowest BCUT2D eigenvalue weighted by atomic mass is 9.80. The number of sulfonamides is 1. The number of carboxylic acid groups (broad SMARTS) is 1. The molecule has 1 aliphatic carbocycles. The molecule has 23 heavy (non-hydrogen) atoms. The zero-order chi connectivity index (χ0) is 17.4. The molecule has 0 spiro atoms. The minimum atomic E-state index is -3.75. The number of carboxylic acids is 1. The summed E-state index contributed by atoms with van der Waals surface area (Å²) < 4.78 is 26.8. The fourth-order valence-electron chi connectivity index (χ4n) is 2.60. The van der Waals surface area contributed by atoms with Crippen LogP contribution in [0, 0.1) is 12.8 Å². The lowest BCUT2D eigenvalue weighted by Gasteiger charge is -2.38. The van der Waals surface area contributed by atoms with Crippen LogP contribution < -0.4 is 5.32 Å². The van der Waals surface area contributed by atoms with E-state index in [-0.39, 0.29) is 16.8 Å². The highest BCUT2D eigenvalue weighted by molar-refractivity contribution is 7.89. The SMILES string of the molecule is CC(=O)Nc1ccc(C)c(S(=O)(=O)N(C)C2CC(C(=O)O)C2)c1. The summed E-state index contributed by atoms with van der Waals surface area (Å²) in [5, 5.41) is 11.5. The molecule has 7 nitrogen and oxygen atoms in total. The van der Waals surface area contributed by atoms with Gasteiger partial charge in [0.2, 0.25) is 15.9 Å². The van der Waals surface area contributed by atoms with Crippen molar-refractivity contribution in [3.63, 3.8) is 0 Å². The van der Waals surface area contributed by atoms with Crippen molar-refractivity contribution in [1.82, 2.24) is 4.31 Å². The van der Waals surface area contributed by atoms with Gasteiger partial charge in [-0.25, -0.2) is 8.42 Å². The molecule has 0 saturated heterocycles. The Labute approximate surface area is 135 Å². The van der Waals surface area contributed by atoms with E-state index in [0.29, 0.717) is 24.1 Å². The number of rotatable bonds is 5. The number of nitrogens with one attached hydrogen (secondary N) is 1. The van der Waals surface area contributed by atoms with Crippen molar-refractivity contribution in [3.05, 3.63) is 23.8 Å². The summed E-state index contributed by atoms with van der Waals surface area (Å²) in [7, 11) is -2.29. The van der Waals surface area contributed by atoms with Crippen molar-refractivity contribution in [1.29, 1.82) is 0 Å². The molecule has 1 amide bonds. The lowest BCUT2D eigenvalue weighted by molar-refractivity contribution is -0.146. The number of carbonyl (C=O) groups excluding carboxylic acids is 1. The second kappa shape index (κ2) is 6.29. The Kier molecular flexibility index (Phi) is 4.76. The summed E-state index contributed by atoms with van der Waals surface area (Å²) in [5.74, 6) is -1.66. The van der Waals surface area contributed by atoms with Crippen LogP contribution in [0.2, 0.25) is 0 Å². The Morgan fingerprint density at radius 3 is 2.43 bits per heavy atom. The molecule has 0 aliphatic heterocycles. The summed E-state index contributed by atoms with van der Waals surface area (Å²) in [5.41, 5.74) is 0.979. The molecule has 1 aliphatic rings. The molecule has 1 fully saturated rings. The molecule has 0 heterocycles. The first-order valence-electron chi connectivity index (χ1n) is 7.22. The highest BCUT2D eigenvalue weighted by atomic mass is 32.2. The number of aliphatic carboxylic acids is 1. The number of aryl methyl sites for hydroxylation is 1. The number of anilines is 1. The van der Waals surface area contributed by atoms with E-state index >= 15 is 0 Å². The summed E-state index contributed by atoms with van der Waals surface area (Å²) in [4.78, 5) is 22.1. The summed E-state index contributed by atoms with van der Waals surface area (Å²) in [6.45, 7) is 3.03. The first-order valence-corrected chi connectivity index (χ1v) is 8.66. The van der Waals surface area contributed by atoms with Crippen molar-refractivity contribution in [2.45, 2.75) is 37.6 Å². The number of amides is 1. The average Bonchev–Trinajstić information content (AvgIpc) is 2.37. The highest BCUT2D eigenvalue weighted by Gasteiger charge is 2.41. The topological polar surface area (TPSA) is 104 Å². The second-order valence-electron chi connectivity index (χ2n) is 5.84. The zero-order valence-electron chi connectivity index (χ0n) is 13.2. The molecule has 0 aromatic heterocycles. The van der Waals surface area contributed by atoms with Gasteiger partial charge in [0, 0.05) is 25.7 Å². The highest BCUT2D eigenvalue weighted by Crippen LogP contribution is 2.35. The monoisotopic (exact) mass is 340 g/mol. The minimum Gasteiger partial charge on any atom is -0.481 e. The molecule has 2 N–H and O–H groups in total. The van der Waals surface area contributed by atoms with Gasteiger partial charge in [0.15, 0.2) is 0 Å². The third-order valence-electron chi connectivity index (χ3n) is 4.14. The van der Waals surface area contributed by atoms with E-state index in [4.69, 9.17) is 5.11 Å². The Balaban J connectivity index is 2.25. The molecule has 1 saturated carbocycles. The van der Waals surface area contributed by atoms with Gasteiger partial charge in [-0.3, -0.25) is 9.59 Å². The van der Waals surface area contributed by atoms with E-state index in [1.54, 1.807) is 19.1 Å². The third-order valence-corrected chi connectivity index (χ3v) is 6.19. The van der Waals surface area contributed by atoms with E-state index in [1.165, 1.54) is 24.3 Å². The minimum absolute atomic E-state index is 0.116. The smallest absolute Gasteiger partial charge is 0.306 e. The Morgan fingerprint density at radius 2 is 1.91 bits per heavy atom. The average molecular weight is 340 g/mol. The van der Waals surface area contributed by atoms with Crippen LogP contribution >= 0.6 is 0 Å². The van der Waals surface area contributed by atoms with Crippen molar-refractivity contribution in [3.8, 4) is 0 Å². The van der Waals surface area contributed by atoms with Gasteiger partial charge in [0.1, 0.15) is 0 Å². The quantitative estimate of drug-likeness (QED) is 0.844. The first kappa shape index (κ1) is 17.4. The van der Waals surface area contributed by atoms with Crippen molar-refractivity contribution >= 4 is 27.6 Å². The molecule has 2 rings (SSSR count). The number of carbonyl (C=O) groups is 2. The maximum atomic E-state index is 12.8. The van der Waals surface area contributed by atoms with Gasteiger partial charge in [-0.1, -0.05) is 6.07 Å². The van der Waals surface area contributed by atoms with Gasteiger partial charge in [-0.15, -0.1) is 0 Å². The number of nitrogens with zero attached hydrogens (tertiary/aromatic N) is 1. The molecule has 0 atom stereocenters. The van der Waals surface area contributed by atoms with Crippen molar-refractivity contribution in [2.75, 3.05) is 12.4 Å². The third kappa shape index (κ3) is 3.53. The second-order valence-corrected chi connectivity index (χ2v) is 7.81. The van der Waals surface area contributed by atoms with Gasteiger partial charge in [-0.05, 0) is 37.5 Å². The molecule has 0 radical (unpaired) electrons. The van der Waals surface area contributed by atoms with Crippen LogP contribution in [0.25, 0.3) is 0 Å². The maximum absolute atomic E-state index is 12.8. The van der Waals surface area contributed by atoms with Gasteiger partial charge >= 0.3 is 5.97 Å². The van der Waals surface area contributed by atoms with Crippen LogP contribution in [0.4, 0.5) is 5.69 Å². The normalized spacial score (nSPS) is 20.9. The fourth-order valence-corrected chi connectivity index (χ4v) is 4.22. The van der Waals surface area contributed by atoms with E-state index in [9.17, 15) is 18.0 Å². The molecular formula is C15H20N2O5S. The Hall–Kier alpha value is -1.93. The Bertz CT molecular complexity index is 738. The van der Waals surface area contributed by atoms with Gasteiger partial charge in [-0.2, -0.15) is 4.31 Å². The van der Waals surface area contributed by atoms with Crippen molar-refractivity contribution < 1.29 is 23.1 Å². The van der Waals surface area contributed by atoms with Crippen LogP contribution in [0.5, 0.6) is 0 Å². The molecular weight excluding hydrogens is 320 g/mol. The van der Waals surface area contributed by atoms with Crippen LogP contribution in [0.1, 0.15) is 25.3 Å². The van der Waals surface area contributed by atoms with Gasteiger partial charge < -0.3 is 10.4 Å². The summed E-state index contributed by atoms with van der Waals surface area (Å²) >= 11 is 0. The Morgan fingerprint density at radius 1 is 1.30 bits per heavy atom. The molecule has 126 valence electrons. The maximum Gasteiger partial charge on any atom is 0.306 e. The fraction of sp³-hybridized carbons (Fsp3) is 0.467. The van der Waals surface area contributed by atoms with Crippen LogP contribution in [-0.2, 0) is 19.6 Å². The predicted molar refractivity (Wildman–Crippen MR) is 84.6 cm³/mol. The van der Waals surface area contributed by atoms with E-state index in [0.717, 1.165) is 0 Å².